The van der Waals surface area contributed by atoms with Crippen LogP contribution in [0.15, 0.2) is 24.3 Å². The van der Waals surface area contributed by atoms with E-state index in [0.29, 0.717) is 29.9 Å². The summed E-state index contributed by atoms with van der Waals surface area (Å²) in [5.41, 5.74) is 1.05. The second-order valence-electron chi connectivity index (χ2n) is 5.30. The van der Waals surface area contributed by atoms with E-state index >= 15 is 0 Å². The first-order valence-corrected chi connectivity index (χ1v) is 7.39. The van der Waals surface area contributed by atoms with Gasteiger partial charge in [-0.2, -0.15) is 0 Å². The van der Waals surface area contributed by atoms with Crippen LogP contribution in [0.5, 0.6) is 5.88 Å². The standard InChI is InChI=1S/C15H19ClN4O2/c1-10(2)8-17-14(21)13-15(22-3)20(19-18-13)9-11-6-4-5-7-12(11)16/h4-7,10H,8-9H2,1-3H3,(H,17,21). The van der Waals surface area contributed by atoms with Crippen molar-refractivity contribution in [3.63, 3.8) is 0 Å². The number of rotatable bonds is 6. The lowest BCUT2D eigenvalue weighted by atomic mass is 10.2. The Kier molecular flexibility index (Phi) is 5.38. The zero-order valence-electron chi connectivity index (χ0n) is 12.8. The lowest BCUT2D eigenvalue weighted by molar-refractivity contribution is 0.0940. The van der Waals surface area contributed by atoms with Gasteiger partial charge in [0.2, 0.25) is 11.6 Å². The lowest BCUT2D eigenvalue weighted by Crippen LogP contribution is -2.28. The summed E-state index contributed by atoms with van der Waals surface area (Å²) in [4.78, 5) is 12.1. The van der Waals surface area contributed by atoms with E-state index in [1.807, 2.05) is 32.0 Å². The van der Waals surface area contributed by atoms with Gasteiger partial charge in [0.1, 0.15) is 0 Å². The van der Waals surface area contributed by atoms with Gasteiger partial charge in [-0.15, -0.1) is 5.10 Å². The molecule has 0 aliphatic rings. The molecule has 0 aliphatic heterocycles. The number of benzene rings is 1. The van der Waals surface area contributed by atoms with Gasteiger partial charge >= 0.3 is 0 Å². The van der Waals surface area contributed by atoms with E-state index < -0.39 is 0 Å². The van der Waals surface area contributed by atoms with Gasteiger partial charge in [-0.1, -0.05) is 48.9 Å². The highest BCUT2D eigenvalue weighted by molar-refractivity contribution is 6.31. The van der Waals surface area contributed by atoms with E-state index in [2.05, 4.69) is 15.6 Å². The zero-order chi connectivity index (χ0) is 16.1. The summed E-state index contributed by atoms with van der Waals surface area (Å²) in [5.74, 6) is 0.380. The molecular weight excluding hydrogens is 304 g/mol. The molecule has 0 unspecified atom stereocenters. The van der Waals surface area contributed by atoms with Crippen LogP contribution < -0.4 is 10.1 Å². The molecular formula is C15H19ClN4O2. The molecule has 0 radical (unpaired) electrons. The summed E-state index contributed by atoms with van der Waals surface area (Å²) >= 11 is 6.14. The van der Waals surface area contributed by atoms with E-state index in [1.54, 1.807) is 6.07 Å². The fourth-order valence-electron chi connectivity index (χ4n) is 1.92. The zero-order valence-corrected chi connectivity index (χ0v) is 13.6. The number of aromatic nitrogens is 3. The second kappa shape index (κ2) is 7.26. The number of amides is 1. The van der Waals surface area contributed by atoms with Crippen LogP contribution >= 0.6 is 11.6 Å². The first kappa shape index (κ1) is 16.3. The highest BCUT2D eigenvalue weighted by atomic mass is 35.5. The molecule has 0 spiro atoms. The maximum atomic E-state index is 12.1. The molecule has 118 valence electrons. The highest BCUT2D eigenvalue weighted by Gasteiger charge is 2.21. The predicted molar refractivity (Wildman–Crippen MR) is 84.3 cm³/mol. The monoisotopic (exact) mass is 322 g/mol. The molecule has 1 N–H and O–H groups in total. The summed E-state index contributed by atoms with van der Waals surface area (Å²) in [6.45, 7) is 4.99. The Morgan fingerprint density at radius 2 is 2.14 bits per heavy atom. The molecule has 6 nitrogen and oxygen atoms in total. The number of ether oxygens (including phenoxy) is 1. The number of hydrogen-bond donors (Lipinski definition) is 1. The summed E-state index contributed by atoms with van der Waals surface area (Å²) in [6.07, 6.45) is 0. The molecule has 0 bridgehead atoms. The number of nitrogens with zero attached hydrogens (tertiary/aromatic N) is 3. The Morgan fingerprint density at radius 1 is 1.41 bits per heavy atom. The second-order valence-corrected chi connectivity index (χ2v) is 5.71. The number of nitrogens with one attached hydrogen (secondary N) is 1. The molecule has 7 heteroatoms. The molecule has 0 saturated heterocycles. The quantitative estimate of drug-likeness (QED) is 0.886. The third-order valence-corrected chi connectivity index (χ3v) is 3.42. The minimum atomic E-state index is -0.295. The van der Waals surface area contributed by atoms with Gasteiger partial charge in [0, 0.05) is 11.6 Å². The van der Waals surface area contributed by atoms with Crippen LogP contribution in [0.25, 0.3) is 0 Å². The first-order valence-electron chi connectivity index (χ1n) is 7.02. The minimum absolute atomic E-state index is 0.176. The van der Waals surface area contributed by atoms with Gasteiger partial charge < -0.3 is 10.1 Å². The van der Waals surface area contributed by atoms with Gasteiger partial charge in [0.15, 0.2) is 0 Å². The van der Waals surface area contributed by atoms with E-state index in [4.69, 9.17) is 16.3 Å². The summed E-state index contributed by atoms with van der Waals surface area (Å²) in [6, 6.07) is 7.44. The average Bonchev–Trinajstić information content (AvgIpc) is 2.90. The Bertz CT molecular complexity index is 655. The van der Waals surface area contributed by atoms with Gasteiger partial charge in [-0.05, 0) is 17.5 Å². The van der Waals surface area contributed by atoms with Gasteiger partial charge in [0.05, 0.1) is 13.7 Å². The Balaban J connectivity index is 2.20. The third kappa shape index (κ3) is 3.76. The van der Waals surface area contributed by atoms with Crippen molar-refractivity contribution in [1.82, 2.24) is 20.3 Å². The molecule has 0 saturated carbocycles. The number of carbonyl (C=O) groups is 1. The van der Waals surface area contributed by atoms with Crippen LogP contribution in [-0.4, -0.2) is 34.6 Å². The number of halogens is 1. The van der Waals surface area contributed by atoms with Gasteiger partial charge in [-0.25, -0.2) is 4.68 Å². The minimum Gasteiger partial charge on any atom is -0.479 e. The van der Waals surface area contributed by atoms with Gasteiger partial charge in [-0.3, -0.25) is 4.79 Å². The highest BCUT2D eigenvalue weighted by Crippen LogP contribution is 2.20. The number of methoxy groups -OCH3 is 1. The van der Waals surface area contributed by atoms with Crippen molar-refractivity contribution >= 4 is 17.5 Å². The van der Waals surface area contributed by atoms with Crippen LogP contribution in [-0.2, 0) is 6.54 Å². The van der Waals surface area contributed by atoms with Crippen molar-refractivity contribution in [3.8, 4) is 5.88 Å². The Morgan fingerprint density at radius 3 is 2.77 bits per heavy atom. The van der Waals surface area contributed by atoms with Crippen LogP contribution in [0.3, 0.4) is 0 Å². The molecule has 1 heterocycles. The van der Waals surface area contributed by atoms with Crippen molar-refractivity contribution in [2.45, 2.75) is 20.4 Å². The molecule has 1 amide bonds. The topological polar surface area (TPSA) is 69.0 Å². The lowest BCUT2D eigenvalue weighted by Gasteiger charge is -2.09. The molecule has 1 aromatic carbocycles. The molecule has 0 fully saturated rings. The number of carbonyl (C=O) groups excluding carboxylic acids is 1. The summed E-state index contributed by atoms with van der Waals surface area (Å²) in [5, 5.41) is 11.3. The molecule has 22 heavy (non-hydrogen) atoms. The van der Waals surface area contributed by atoms with Crippen molar-refractivity contribution in [2.24, 2.45) is 5.92 Å². The molecule has 2 aromatic rings. The van der Waals surface area contributed by atoms with E-state index in [-0.39, 0.29) is 11.6 Å². The van der Waals surface area contributed by atoms with Crippen molar-refractivity contribution in [3.05, 3.63) is 40.5 Å². The van der Waals surface area contributed by atoms with Crippen molar-refractivity contribution in [2.75, 3.05) is 13.7 Å². The predicted octanol–water partition coefficient (Wildman–Crippen LogP) is 2.37. The van der Waals surface area contributed by atoms with Crippen LogP contribution in [0.1, 0.15) is 29.9 Å². The van der Waals surface area contributed by atoms with Gasteiger partial charge in [0.25, 0.3) is 5.91 Å². The Hall–Kier alpha value is -2.08. The molecule has 1 aromatic heterocycles. The summed E-state index contributed by atoms with van der Waals surface area (Å²) < 4.78 is 6.81. The molecule has 2 rings (SSSR count). The average molecular weight is 323 g/mol. The maximum Gasteiger partial charge on any atom is 0.277 e. The van der Waals surface area contributed by atoms with Crippen molar-refractivity contribution < 1.29 is 9.53 Å². The van der Waals surface area contributed by atoms with Crippen LogP contribution in [0.4, 0.5) is 0 Å². The van der Waals surface area contributed by atoms with Crippen LogP contribution in [0.2, 0.25) is 5.02 Å². The third-order valence-electron chi connectivity index (χ3n) is 3.05. The Labute approximate surface area is 134 Å². The number of hydrogen-bond acceptors (Lipinski definition) is 4. The smallest absolute Gasteiger partial charge is 0.277 e. The van der Waals surface area contributed by atoms with E-state index in [9.17, 15) is 4.79 Å². The SMILES string of the molecule is COc1c(C(=O)NCC(C)C)nnn1Cc1ccccc1Cl. The maximum absolute atomic E-state index is 12.1. The summed E-state index contributed by atoms with van der Waals surface area (Å²) in [7, 11) is 1.49. The first-order chi connectivity index (χ1) is 10.5. The fraction of sp³-hybridized carbons (Fsp3) is 0.400. The van der Waals surface area contributed by atoms with Crippen molar-refractivity contribution in [1.29, 1.82) is 0 Å². The van der Waals surface area contributed by atoms with E-state index in [1.165, 1.54) is 11.8 Å². The largest absolute Gasteiger partial charge is 0.479 e. The molecule has 0 aliphatic carbocycles. The fourth-order valence-corrected chi connectivity index (χ4v) is 2.12. The normalized spacial score (nSPS) is 10.8. The molecule has 0 atom stereocenters. The van der Waals surface area contributed by atoms with E-state index in [0.717, 1.165) is 5.56 Å². The van der Waals surface area contributed by atoms with Crippen LogP contribution in [0, 0.1) is 5.92 Å².